The Morgan fingerprint density at radius 1 is 1.00 bits per heavy atom. The highest BCUT2D eigenvalue weighted by Crippen LogP contribution is 2.27. The molecule has 0 spiro atoms. The van der Waals surface area contributed by atoms with Gasteiger partial charge in [-0.25, -0.2) is 0 Å². The normalized spacial score (nSPS) is 14.8. The minimum Gasteiger partial charge on any atom is -0.381 e. The van der Waals surface area contributed by atoms with Crippen molar-refractivity contribution in [3.8, 4) is 0 Å². The summed E-state index contributed by atoms with van der Waals surface area (Å²) in [5, 5.41) is 16.5. The molecule has 2 N–H and O–H groups in total. The molecule has 5 aromatic rings. The molecule has 0 unspecified atom stereocenters. The lowest BCUT2D eigenvalue weighted by atomic mass is 10.0. The first-order chi connectivity index (χ1) is 18.4. The summed E-state index contributed by atoms with van der Waals surface area (Å²) in [7, 11) is -3.87. The van der Waals surface area contributed by atoms with Gasteiger partial charge in [0, 0.05) is 30.8 Å². The molecule has 0 atom stereocenters. The van der Waals surface area contributed by atoms with Gasteiger partial charge in [0.2, 0.25) is 5.95 Å². The zero-order chi connectivity index (χ0) is 26.3. The number of anilines is 3. The van der Waals surface area contributed by atoms with E-state index in [-0.39, 0.29) is 4.90 Å². The van der Waals surface area contributed by atoms with Crippen LogP contribution >= 0.6 is 0 Å². The predicted molar refractivity (Wildman–Crippen MR) is 147 cm³/mol. The molecule has 0 radical (unpaired) electrons. The van der Waals surface area contributed by atoms with Crippen molar-refractivity contribution in [2.75, 3.05) is 30.4 Å². The highest BCUT2D eigenvalue weighted by atomic mass is 32.2. The van der Waals surface area contributed by atoms with Gasteiger partial charge in [-0.15, -0.1) is 5.10 Å². The van der Waals surface area contributed by atoms with Crippen LogP contribution in [0.5, 0.6) is 0 Å². The van der Waals surface area contributed by atoms with Gasteiger partial charge >= 0.3 is 0 Å². The first kappa shape index (κ1) is 24.4. The summed E-state index contributed by atoms with van der Waals surface area (Å²) in [6, 6.07) is 18.1. The number of nitrogens with one attached hydrogen (secondary N) is 2. The lowest BCUT2D eigenvalue weighted by Gasteiger charge is -2.22. The molecule has 0 bridgehead atoms. The average Bonchev–Trinajstić information content (AvgIpc) is 3.49. The number of hydrogen-bond donors (Lipinski definition) is 2. The smallest absolute Gasteiger partial charge is 0.283 e. The second kappa shape index (κ2) is 9.73. The fraction of sp³-hybridized carbons (Fsp3) is 0.296. The third kappa shape index (κ3) is 4.59. The maximum Gasteiger partial charge on any atom is 0.283 e. The van der Waals surface area contributed by atoms with Gasteiger partial charge < -0.3 is 15.4 Å². The molecule has 6 rings (SSSR count). The van der Waals surface area contributed by atoms with Crippen LogP contribution in [0.15, 0.2) is 65.6 Å². The van der Waals surface area contributed by atoms with Crippen LogP contribution < -0.4 is 10.6 Å². The fourth-order valence-electron chi connectivity index (χ4n) is 4.73. The third-order valence-corrected chi connectivity index (χ3v) is 8.51. The van der Waals surface area contributed by atoms with E-state index in [1.807, 2.05) is 37.3 Å². The van der Waals surface area contributed by atoms with Gasteiger partial charge in [-0.2, -0.15) is 27.1 Å². The second-order valence-corrected chi connectivity index (χ2v) is 11.4. The quantitative estimate of drug-likeness (QED) is 0.315. The maximum absolute atomic E-state index is 13.4. The summed E-state index contributed by atoms with van der Waals surface area (Å²) in [5.41, 5.74) is 3.46. The van der Waals surface area contributed by atoms with Crippen molar-refractivity contribution in [2.45, 2.75) is 31.6 Å². The summed E-state index contributed by atoms with van der Waals surface area (Å²) in [4.78, 5) is 4.80. The van der Waals surface area contributed by atoms with E-state index < -0.39 is 10.0 Å². The van der Waals surface area contributed by atoms with E-state index in [0.717, 1.165) is 53.5 Å². The van der Waals surface area contributed by atoms with Gasteiger partial charge in [-0.05, 0) is 75.1 Å². The first-order valence-corrected chi connectivity index (χ1v) is 14.1. The number of pyridine rings is 1. The van der Waals surface area contributed by atoms with Crippen LogP contribution in [0.4, 0.5) is 17.5 Å². The van der Waals surface area contributed by atoms with E-state index in [4.69, 9.17) is 4.74 Å². The Morgan fingerprint density at radius 3 is 2.58 bits per heavy atom. The molecule has 0 amide bonds. The summed E-state index contributed by atoms with van der Waals surface area (Å²) in [6.07, 6.45) is 2.09. The zero-order valence-corrected chi connectivity index (χ0v) is 22.1. The number of rotatable bonds is 7. The van der Waals surface area contributed by atoms with Crippen molar-refractivity contribution < 1.29 is 13.2 Å². The number of nitrogens with zero attached hydrogens (tertiary/aromatic N) is 5. The lowest BCUT2D eigenvalue weighted by Crippen LogP contribution is -2.23. The number of benzene rings is 2. The summed E-state index contributed by atoms with van der Waals surface area (Å²) >= 11 is 0. The average molecular weight is 532 g/mol. The molecule has 1 saturated heterocycles. The minimum atomic E-state index is -3.87. The van der Waals surface area contributed by atoms with Crippen LogP contribution in [0.3, 0.4) is 0 Å². The van der Waals surface area contributed by atoms with Crippen molar-refractivity contribution in [2.24, 2.45) is 5.92 Å². The van der Waals surface area contributed by atoms with E-state index >= 15 is 0 Å². The summed E-state index contributed by atoms with van der Waals surface area (Å²) in [5.74, 6) is 1.84. The predicted octanol–water partition coefficient (Wildman–Crippen LogP) is 4.51. The van der Waals surface area contributed by atoms with Crippen LogP contribution in [0.2, 0.25) is 0 Å². The van der Waals surface area contributed by atoms with Gasteiger partial charge in [0.05, 0.1) is 16.1 Å². The van der Waals surface area contributed by atoms with Crippen LogP contribution in [0, 0.1) is 19.8 Å². The summed E-state index contributed by atoms with van der Waals surface area (Å²) < 4.78 is 35.2. The second-order valence-electron chi connectivity index (χ2n) is 9.66. The Hall–Kier alpha value is -3.96. The highest BCUT2D eigenvalue weighted by molar-refractivity contribution is 7.90. The topological polar surface area (TPSA) is 115 Å². The fourth-order valence-corrected chi connectivity index (χ4v) is 6.05. The molecular weight excluding hydrogens is 502 g/mol. The molecule has 2 aromatic carbocycles. The Labute approximate surface area is 220 Å². The Bertz CT molecular complexity index is 1720. The minimum absolute atomic E-state index is 0.189. The van der Waals surface area contributed by atoms with Gasteiger partial charge in [0.15, 0.2) is 5.65 Å². The number of fused-ring (bicyclic) bond motifs is 2. The largest absolute Gasteiger partial charge is 0.381 e. The van der Waals surface area contributed by atoms with E-state index in [9.17, 15) is 8.42 Å². The molecule has 0 saturated carbocycles. The van der Waals surface area contributed by atoms with E-state index in [1.54, 1.807) is 41.8 Å². The van der Waals surface area contributed by atoms with Crippen LogP contribution in [-0.2, 0) is 14.8 Å². The maximum atomic E-state index is 13.4. The molecule has 1 aliphatic rings. The molecule has 4 heterocycles. The molecule has 1 aliphatic heterocycles. The molecular formula is C27H29N7O3S. The van der Waals surface area contributed by atoms with Gasteiger partial charge in [-0.3, -0.25) is 0 Å². The van der Waals surface area contributed by atoms with E-state index in [2.05, 4.69) is 25.8 Å². The SMILES string of the molecule is Cc1ccc(S(=O)(=O)n2nc(C)c3ccc(Nc4nc5cccc(NCC6CCOCC6)n5n4)cc32)cc1. The molecule has 38 heavy (non-hydrogen) atoms. The Balaban J connectivity index is 1.29. The molecule has 0 aliphatic carbocycles. The molecule has 3 aromatic heterocycles. The Morgan fingerprint density at radius 2 is 1.79 bits per heavy atom. The van der Waals surface area contributed by atoms with Gasteiger partial charge in [0.1, 0.15) is 5.82 Å². The monoisotopic (exact) mass is 531 g/mol. The molecule has 1 fully saturated rings. The zero-order valence-electron chi connectivity index (χ0n) is 21.3. The Kier molecular flexibility index (Phi) is 6.24. The highest BCUT2D eigenvalue weighted by Gasteiger charge is 2.22. The van der Waals surface area contributed by atoms with E-state index in [0.29, 0.717) is 34.4 Å². The van der Waals surface area contributed by atoms with Crippen molar-refractivity contribution >= 4 is 44.0 Å². The van der Waals surface area contributed by atoms with Crippen molar-refractivity contribution in [3.05, 3.63) is 71.9 Å². The summed E-state index contributed by atoms with van der Waals surface area (Å²) in [6.45, 7) is 6.18. The van der Waals surface area contributed by atoms with Crippen LogP contribution in [-0.4, -0.2) is 52.0 Å². The number of hydrogen-bond acceptors (Lipinski definition) is 8. The van der Waals surface area contributed by atoms with Crippen LogP contribution in [0.25, 0.3) is 16.6 Å². The molecule has 10 nitrogen and oxygen atoms in total. The number of aromatic nitrogens is 5. The van der Waals surface area contributed by atoms with E-state index in [1.165, 1.54) is 0 Å². The van der Waals surface area contributed by atoms with Crippen molar-refractivity contribution in [1.82, 2.24) is 23.8 Å². The molecule has 11 heteroatoms. The van der Waals surface area contributed by atoms with Crippen molar-refractivity contribution in [1.29, 1.82) is 0 Å². The number of ether oxygens (including phenoxy) is 1. The van der Waals surface area contributed by atoms with Gasteiger partial charge in [0.25, 0.3) is 10.0 Å². The molecule has 196 valence electrons. The lowest BCUT2D eigenvalue weighted by molar-refractivity contribution is 0.0699. The van der Waals surface area contributed by atoms with Crippen LogP contribution in [0.1, 0.15) is 24.1 Å². The van der Waals surface area contributed by atoms with Crippen molar-refractivity contribution in [3.63, 3.8) is 0 Å². The standard InChI is InChI=1S/C27H29N7O3S/c1-18-6-9-22(10-7-18)38(35,36)34-24-16-21(8-11-23(24)19(2)31-34)29-27-30-26-5-3-4-25(33(26)32-27)28-17-20-12-14-37-15-13-20/h3-11,16,20,28H,12-15,17H2,1-2H3,(H,29,32). The third-order valence-electron chi connectivity index (χ3n) is 6.91. The van der Waals surface area contributed by atoms with Gasteiger partial charge in [-0.1, -0.05) is 23.8 Å². The first-order valence-electron chi connectivity index (χ1n) is 12.6. The number of aryl methyl sites for hydroxylation is 2.